The first-order valence-corrected chi connectivity index (χ1v) is 12.8. The molecule has 1 nitrogen and oxygen atoms in total. The topological polar surface area (TPSA) is 20.2 Å². The van der Waals surface area contributed by atoms with Crippen LogP contribution in [-0.4, -0.2) is 11.7 Å². The van der Waals surface area contributed by atoms with E-state index in [0.29, 0.717) is 10.8 Å². The van der Waals surface area contributed by atoms with Crippen molar-refractivity contribution in [2.75, 3.05) is 6.61 Å². The average Bonchev–Trinajstić information content (AvgIpc) is 3.05. The van der Waals surface area contributed by atoms with E-state index in [1.165, 1.54) is 57.8 Å². The predicted molar refractivity (Wildman–Crippen MR) is 124 cm³/mol. The predicted octanol–water partition coefficient (Wildman–Crippen LogP) is 7.56. The van der Waals surface area contributed by atoms with Crippen LogP contribution in [0.3, 0.4) is 0 Å². The van der Waals surface area contributed by atoms with Crippen LogP contribution in [0, 0.1) is 46.3 Å². The molecule has 0 amide bonds. The number of hydrogen-bond acceptors (Lipinski definition) is 1. The Morgan fingerprint density at radius 2 is 1.90 bits per heavy atom. The number of aliphatic hydroxyl groups is 1. The second-order valence-corrected chi connectivity index (χ2v) is 12.0. The molecule has 0 aromatic carbocycles. The molecular weight excluding hydrogens is 352 g/mol. The smallest absolute Gasteiger partial charge is 0.0639 e. The van der Waals surface area contributed by atoms with E-state index < -0.39 is 0 Å². The maximum atomic E-state index is 9.26. The first-order valence-electron chi connectivity index (χ1n) is 12.8. The molecule has 29 heavy (non-hydrogen) atoms. The molecule has 0 bridgehead atoms. The van der Waals surface area contributed by atoms with Crippen LogP contribution in [0.2, 0.25) is 0 Å². The monoisotopic (exact) mass is 398 g/mol. The highest BCUT2D eigenvalue weighted by Crippen LogP contribution is 2.67. The fraction of sp³-hybridized carbons (Fsp3) is 0.857. The molecule has 0 heterocycles. The van der Waals surface area contributed by atoms with Crippen LogP contribution in [0.4, 0.5) is 0 Å². The molecule has 0 aliphatic heterocycles. The quantitative estimate of drug-likeness (QED) is 0.474. The zero-order chi connectivity index (χ0) is 20.8. The molecule has 1 unspecified atom stereocenters. The second-order valence-electron chi connectivity index (χ2n) is 12.0. The Bertz CT molecular complexity index is 659. The molecular formula is C28H46O. The molecule has 4 aliphatic carbocycles. The Balaban J connectivity index is 1.51. The Morgan fingerprint density at radius 3 is 2.66 bits per heavy atom. The van der Waals surface area contributed by atoms with E-state index in [2.05, 4.69) is 39.8 Å². The largest absolute Gasteiger partial charge is 0.392 e. The van der Waals surface area contributed by atoms with Gasteiger partial charge >= 0.3 is 0 Å². The summed E-state index contributed by atoms with van der Waals surface area (Å²) in [6.45, 7) is 12.7. The zero-order valence-electron chi connectivity index (χ0n) is 19.8. The third kappa shape index (κ3) is 3.58. The van der Waals surface area contributed by atoms with Gasteiger partial charge in [-0.25, -0.2) is 0 Å². The molecule has 4 rings (SSSR count). The Labute approximate surface area is 180 Å². The maximum Gasteiger partial charge on any atom is 0.0639 e. The summed E-state index contributed by atoms with van der Waals surface area (Å²) in [4.78, 5) is 0. The van der Waals surface area contributed by atoms with E-state index in [1.807, 2.05) is 12.5 Å². The van der Waals surface area contributed by atoms with Crippen molar-refractivity contribution in [2.45, 2.75) is 98.8 Å². The van der Waals surface area contributed by atoms with Crippen molar-refractivity contribution < 1.29 is 5.11 Å². The van der Waals surface area contributed by atoms with Crippen molar-refractivity contribution in [2.24, 2.45) is 46.3 Å². The number of rotatable bonds is 5. The minimum absolute atomic E-state index is 0.214. The van der Waals surface area contributed by atoms with Crippen LogP contribution >= 0.6 is 0 Å². The van der Waals surface area contributed by atoms with Gasteiger partial charge in [0.25, 0.3) is 0 Å². The normalized spacial score (nSPS) is 45.8. The summed E-state index contributed by atoms with van der Waals surface area (Å²) in [6, 6.07) is 0. The fourth-order valence-electron chi connectivity index (χ4n) is 8.86. The molecule has 1 N–H and O–H groups in total. The number of allylic oxidation sites excluding steroid dienone is 3. The van der Waals surface area contributed by atoms with Gasteiger partial charge in [-0.2, -0.15) is 0 Å². The first kappa shape index (κ1) is 21.7. The third-order valence-corrected chi connectivity index (χ3v) is 10.5. The van der Waals surface area contributed by atoms with Crippen LogP contribution in [0.25, 0.3) is 0 Å². The van der Waals surface area contributed by atoms with Crippen molar-refractivity contribution in [3.63, 3.8) is 0 Å². The number of aliphatic hydroxyl groups excluding tert-OH is 1. The second kappa shape index (κ2) is 8.18. The SMILES string of the molecule is CC(=CCC[C@@H](C)[C@H]1CC[C@H]2C3=CCC4[C@H](C)CCC[C@]4(C)[C@H]3CC[C@]12C)CO. The number of fused-ring (bicyclic) bond motifs is 5. The average molecular weight is 399 g/mol. The molecule has 0 radical (unpaired) electrons. The van der Waals surface area contributed by atoms with E-state index in [0.717, 1.165) is 47.5 Å². The van der Waals surface area contributed by atoms with Gasteiger partial charge < -0.3 is 5.11 Å². The summed E-state index contributed by atoms with van der Waals surface area (Å²) in [5, 5.41) is 9.26. The van der Waals surface area contributed by atoms with Crippen LogP contribution in [0.1, 0.15) is 98.8 Å². The van der Waals surface area contributed by atoms with E-state index >= 15 is 0 Å². The lowest BCUT2D eigenvalue weighted by atomic mass is 9.46. The summed E-state index contributed by atoms with van der Waals surface area (Å²) in [6.07, 6.45) is 19.0. The molecule has 0 aromatic heterocycles. The lowest BCUT2D eigenvalue weighted by Gasteiger charge is -2.58. The van der Waals surface area contributed by atoms with E-state index in [-0.39, 0.29) is 6.61 Å². The number of hydrogen-bond donors (Lipinski definition) is 1. The van der Waals surface area contributed by atoms with Crippen LogP contribution < -0.4 is 0 Å². The molecule has 8 atom stereocenters. The molecule has 0 saturated heterocycles. The van der Waals surface area contributed by atoms with E-state index in [9.17, 15) is 5.11 Å². The maximum absolute atomic E-state index is 9.26. The minimum atomic E-state index is 0.214. The van der Waals surface area contributed by atoms with Gasteiger partial charge in [0.2, 0.25) is 0 Å². The Hall–Kier alpha value is -0.560. The van der Waals surface area contributed by atoms with Crippen LogP contribution in [-0.2, 0) is 0 Å². The molecule has 3 saturated carbocycles. The van der Waals surface area contributed by atoms with Crippen molar-refractivity contribution in [3.05, 3.63) is 23.3 Å². The van der Waals surface area contributed by atoms with Crippen LogP contribution in [0.5, 0.6) is 0 Å². The van der Waals surface area contributed by atoms with Gasteiger partial charge in [0.1, 0.15) is 0 Å². The molecule has 164 valence electrons. The van der Waals surface area contributed by atoms with Crippen LogP contribution in [0.15, 0.2) is 23.3 Å². The fourth-order valence-corrected chi connectivity index (χ4v) is 8.86. The van der Waals surface area contributed by atoms with Gasteiger partial charge in [0.15, 0.2) is 0 Å². The summed E-state index contributed by atoms with van der Waals surface area (Å²) in [5.74, 6) is 5.28. The van der Waals surface area contributed by atoms with Gasteiger partial charge in [0, 0.05) is 0 Å². The summed E-state index contributed by atoms with van der Waals surface area (Å²) in [7, 11) is 0. The summed E-state index contributed by atoms with van der Waals surface area (Å²) < 4.78 is 0. The van der Waals surface area contributed by atoms with Gasteiger partial charge in [-0.1, -0.05) is 63.8 Å². The van der Waals surface area contributed by atoms with E-state index in [1.54, 1.807) is 0 Å². The zero-order valence-corrected chi connectivity index (χ0v) is 19.8. The molecule has 3 fully saturated rings. The Morgan fingerprint density at radius 1 is 1.14 bits per heavy atom. The lowest BCUT2D eigenvalue weighted by molar-refractivity contribution is -0.0285. The molecule has 0 spiro atoms. The lowest BCUT2D eigenvalue weighted by Crippen LogP contribution is -2.50. The van der Waals surface area contributed by atoms with E-state index in [4.69, 9.17) is 0 Å². The standard InChI is InChI=1S/C28H46O/c1-19(18-29)8-6-9-20(2)24-13-14-25-22-11-12-23-21(3)10-7-16-27(23,4)26(22)15-17-28(24,25)5/h8,11,20-21,23-26,29H,6-7,9-10,12-18H2,1-5H3/t20-,21-,23?,24-,25+,26+,27+,28-/m1/s1. The van der Waals surface area contributed by atoms with Gasteiger partial charge in [-0.15, -0.1) is 0 Å². The van der Waals surface area contributed by atoms with Crippen molar-refractivity contribution in [1.29, 1.82) is 0 Å². The molecule has 0 aromatic rings. The van der Waals surface area contributed by atoms with Crippen molar-refractivity contribution >= 4 is 0 Å². The highest BCUT2D eigenvalue weighted by molar-refractivity contribution is 5.27. The Kier molecular flexibility index (Phi) is 6.11. The molecule has 1 heteroatoms. The van der Waals surface area contributed by atoms with Gasteiger partial charge in [0.05, 0.1) is 6.61 Å². The summed E-state index contributed by atoms with van der Waals surface area (Å²) in [5.41, 5.74) is 4.16. The minimum Gasteiger partial charge on any atom is -0.392 e. The first-order chi connectivity index (χ1) is 13.8. The molecule has 4 aliphatic rings. The third-order valence-electron chi connectivity index (χ3n) is 10.5. The van der Waals surface area contributed by atoms with Gasteiger partial charge in [-0.3, -0.25) is 0 Å². The highest BCUT2D eigenvalue weighted by Gasteiger charge is 2.58. The van der Waals surface area contributed by atoms with Crippen molar-refractivity contribution in [3.8, 4) is 0 Å². The van der Waals surface area contributed by atoms with Crippen molar-refractivity contribution in [1.82, 2.24) is 0 Å². The highest BCUT2D eigenvalue weighted by atomic mass is 16.3. The summed E-state index contributed by atoms with van der Waals surface area (Å²) >= 11 is 0. The van der Waals surface area contributed by atoms with Gasteiger partial charge in [-0.05, 0) is 105 Å².